The van der Waals surface area contributed by atoms with Gasteiger partial charge in [-0.3, -0.25) is 9.59 Å². The zero-order chi connectivity index (χ0) is 12.0. The number of hydrogen-bond donors (Lipinski definition) is 1. The van der Waals surface area contributed by atoms with Gasteiger partial charge in [0.2, 0.25) is 0 Å². The second kappa shape index (κ2) is 6.48. The molecule has 0 heterocycles. The van der Waals surface area contributed by atoms with Crippen LogP contribution in [-0.4, -0.2) is 30.7 Å². The predicted octanol–water partition coefficient (Wildman–Crippen LogP) is 0.753. The first-order valence-corrected chi connectivity index (χ1v) is 5.72. The minimum atomic E-state index is -0.528. The highest BCUT2D eigenvalue weighted by atomic mass is 16.6. The van der Waals surface area contributed by atoms with Gasteiger partial charge < -0.3 is 15.2 Å². The van der Waals surface area contributed by atoms with Crippen molar-refractivity contribution in [2.75, 3.05) is 6.61 Å². The lowest BCUT2D eigenvalue weighted by Gasteiger charge is -2.25. The molecule has 16 heavy (non-hydrogen) atoms. The fraction of sp³-hybridized carbons (Fsp3) is 0.818. The number of carbonyl (C=O) groups excluding carboxylic acids is 2. The number of nitrogens with two attached hydrogens (primary N) is 1. The van der Waals surface area contributed by atoms with E-state index in [0.717, 1.165) is 25.7 Å². The summed E-state index contributed by atoms with van der Waals surface area (Å²) in [5.41, 5.74) is 5.73. The third-order valence-electron chi connectivity index (χ3n) is 2.61. The minimum Gasteiger partial charge on any atom is -0.466 e. The summed E-state index contributed by atoms with van der Waals surface area (Å²) >= 11 is 0. The van der Waals surface area contributed by atoms with Gasteiger partial charge in [-0.15, -0.1) is 0 Å². The molecule has 1 aliphatic rings. The maximum Gasteiger partial charge on any atom is 0.317 e. The monoisotopic (exact) mass is 229 g/mol. The first kappa shape index (κ1) is 13.0. The summed E-state index contributed by atoms with van der Waals surface area (Å²) in [5, 5.41) is 0. The van der Waals surface area contributed by atoms with Crippen molar-refractivity contribution in [3.63, 3.8) is 0 Å². The molecule has 0 aliphatic heterocycles. The minimum absolute atomic E-state index is 0.0817. The normalized spacial score (nSPS) is 24.9. The molecule has 0 aromatic rings. The van der Waals surface area contributed by atoms with Gasteiger partial charge in [-0.1, -0.05) is 0 Å². The predicted molar refractivity (Wildman–Crippen MR) is 57.6 cm³/mol. The molecule has 0 aromatic heterocycles. The molecule has 0 radical (unpaired) electrons. The van der Waals surface area contributed by atoms with Crippen LogP contribution < -0.4 is 5.73 Å². The van der Waals surface area contributed by atoms with Crippen LogP contribution in [0.15, 0.2) is 0 Å². The highest BCUT2D eigenvalue weighted by molar-refractivity contribution is 5.91. The lowest BCUT2D eigenvalue weighted by Crippen LogP contribution is -2.31. The fourth-order valence-electron chi connectivity index (χ4n) is 1.76. The van der Waals surface area contributed by atoms with E-state index in [9.17, 15) is 9.59 Å². The van der Waals surface area contributed by atoms with Crippen molar-refractivity contribution in [2.24, 2.45) is 5.73 Å². The number of esters is 2. The van der Waals surface area contributed by atoms with Crippen molar-refractivity contribution < 1.29 is 19.1 Å². The molecule has 0 spiro atoms. The van der Waals surface area contributed by atoms with Gasteiger partial charge in [0.25, 0.3) is 0 Å². The average Bonchev–Trinajstić information content (AvgIpc) is 2.21. The van der Waals surface area contributed by atoms with Gasteiger partial charge in [0, 0.05) is 6.04 Å². The van der Waals surface area contributed by atoms with Crippen molar-refractivity contribution in [1.82, 2.24) is 0 Å². The van der Waals surface area contributed by atoms with Crippen molar-refractivity contribution in [3.05, 3.63) is 0 Å². The lowest BCUT2D eigenvalue weighted by atomic mass is 9.94. The van der Waals surface area contributed by atoms with Gasteiger partial charge in [-0.2, -0.15) is 0 Å². The number of ether oxygens (including phenoxy) is 2. The summed E-state index contributed by atoms with van der Waals surface area (Å²) in [4.78, 5) is 22.3. The highest BCUT2D eigenvalue weighted by Gasteiger charge is 2.22. The van der Waals surface area contributed by atoms with Crippen LogP contribution in [-0.2, 0) is 19.1 Å². The molecule has 1 rings (SSSR count). The van der Waals surface area contributed by atoms with Gasteiger partial charge in [0.05, 0.1) is 6.61 Å². The van der Waals surface area contributed by atoms with Gasteiger partial charge in [0.1, 0.15) is 12.5 Å². The van der Waals surface area contributed by atoms with E-state index in [1.165, 1.54) is 0 Å². The Morgan fingerprint density at radius 1 is 1.19 bits per heavy atom. The topological polar surface area (TPSA) is 78.6 Å². The van der Waals surface area contributed by atoms with Crippen LogP contribution >= 0.6 is 0 Å². The first-order chi connectivity index (χ1) is 7.61. The zero-order valence-corrected chi connectivity index (χ0v) is 9.61. The van der Waals surface area contributed by atoms with E-state index < -0.39 is 11.9 Å². The summed E-state index contributed by atoms with van der Waals surface area (Å²) in [6, 6.07) is 0.222. The summed E-state index contributed by atoms with van der Waals surface area (Å²) in [6.07, 6.45) is 2.94. The molecule has 92 valence electrons. The maximum atomic E-state index is 11.3. The van der Waals surface area contributed by atoms with E-state index in [2.05, 4.69) is 4.74 Å². The van der Waals surface area contributed by atoms with E-state index in [0.29, 0.717) is 0 Å². The molecule has 1 fully saturated rings. The molecule has 0 unspecified atom stereocenters. The third-order valence-corrected chi connectivity index (χ3v) is 2.61. The Labute approximate surface area is 95.3 Å². The van der Waals surface area contributed by atoms with Crippen LogP contribution in [0, 0.1) is 0 Å². The van der Waals surface area contributed by atoms with Crippen molar-refractivity contribution >= 4 is 11.9 Å². The first-order valence-electron chi connectivity index (χ1n) is 5.72. The zero-order valence-electron chi connectivity index (χ0n) is 9.61. The second-order valence-electron chi connectivity index (χ2n) is 4.01. The highest BCUT2D eigenvalue weighted by Crippen LogP contribution is 2.20. The average molecular weight is 229 g/mol. The van der Waals surface area contributed by atoms with Crippen molar-refractivity contribution in [2.45, 2.75) is 51.2 Å². The molecule has 0 aromatic carbocycles. The van der Waals surface area contributed by atoms with E-state index in [1.807, 2.05) is 0 Å². The van der Waals surface area contributed by atoms with E-state index >= 15 is 0 Å². The Hall–Kier alpha value is -1.10. The molecule has 2 N–H and O–H groups in total. The molecule has 0 atom stereocenters. The largest absolute Gasteiger partial charge is 0.466 e. The number of hydrogen-bond acceptors (Lipinski definition) is 5. The van der Waals surface area contributed by atoms with Crippen LogP contribution in [0.4, 0.5) is 0 Å². The van der Waals surface area contributed by atoms with Crippen molar-refractivity contribution in [1.29, 1.82) is 0 Å². The maximum absolute atomic E-state index is 11.3. The molecular formula is C11H19NO4. The molecular weight excluding hydrogens is 210 g/mol. The summed E-state index contributed by atoms with van der Waals surface area (Å²) in [7, 11) is 0. The quantitative estimate of drug-likeness (QED) is 0.568. The Morgan fingerprint density at radius 3 is 2.38 bits per heavy atom. The van der Waals surface area contributed by atoms with Gasteiger partial charge in [-0.25, -0.2) is 0 Å². The Bertz CT molecular complexity index is 246. The Morgan fingerprint density at radius 2 is 1.81 bits per heavy atom. The Kier molecular flexibility index (Phi) is 5.25. The van der Waals surface area contributed by atoms with Crippen LogP contribution in [0.5, 0.6) is 0 Å². The molecule has 1 aliphatic carbocycles. The fourth-order valence-corrected chi connectivity index (χ4v) is 1.76. The second-order valence-corrected chi connectivity index (χ2v) is 4.01. The van der Waals surface area contributed by atoms with Crippen LogP contribution in [0.2, 0.25) is 0 Å². The van der Waals surface area contributed by atoms with Crippen LogP contribution in [0.1, 0.15) is 39.0 Å². The molecule has 5 heteroatoms. The van der Waals surface area contributed by atoms with Crippen LogP contribution in [0.3, 0.4) is 0 Å². The molecule has 1 saturated carbocycles. The Balaban J connectivity index is 2.21. The van der Waals surface area contributed by atoms with Crippen molar-refractivity contribution in [3.8, 4) is 0 Å². The smallest absolute Gasteiger partial charge is 0.317 e. The lowest BCUT2D eigenvalue weighted by molar-refractivity contribution is -0.158. The SMILES string of the molecule is CCOC(=O)CC(=O)OC1CCC(N)CC1. The van der Waals surface area contributed by atoms with Gasteiger partial charge in [-0.05, 0) is 32.6 Å². The third kappa shape index (κ3) is 4.61. The molecule has 5 nitrogen and oxygen atoms in total. The van der Waals surface area contributed by atoms with E-state index in [4.69, 9.17) is 10.5 Å². The molecule has 0 bridgehead atoms. The summed E-state index contributed by atoms with van der Waals surface area (Å²) < 4.78 is 9.82. The standard InChI is InChI=1S/C11H19NO4/c1-2-15-10(13)7-11(14)16-9-5-3-8(12)4-6-9/h8-9H,2-7,12H2,1H3. The number of rotatable bonds is 4. The summed E-state index contributed by atoms with van der Waals surface area (Å²) in [5.74, 6) is -1.03. The van der Waals surface area contributed by atoms with Crippen LogP contribution in [0.25, 0.3) is 0 Å². The molecule has 0 amide bonds. The molecule has 0 saturated heterocycles. The van der Waals surface area contributed by atoms with E-state index in [1.54, 1.807) is 6.92 Å². The summed E-state index contributed by atoms with van der Waals surface area (Å²) in [6.45, 7) is 1.98. The van der Waals surface area contributed by atoms with Gasteiger partial charge >= 0.3 is 11.9 Å². The van der Waals surface area contributed by atoms with E-state index in [-0.39, 0.29) is 25.2 Å². The number of carbonyl (C=O) groups is 2. The van der Waals surface area contributed by atoms with Gasteiger partial charge in [0.15, 0.2) is 0 Å².